The molecule has 1 atom stereocenters. The smallest absolute Gasteiger partial charge is 0.260 e. The van der Waals surface area contributed by atoms with Crippen LogP contribution in [-0.4, -0.2) is 18.6 Å². The Bertz CT molecular complexity index is 384. The largest absolute Gasteiger partial charge is 0.479 e. The lowest BCUT2D eigenvalue weighted by atomic mass is 10.3. The van der Waals surface area contributed by atoms with Crippen LogP contribution in [0.3, 0.4) is 0 Å². The minimum Gasteiger partial charge on any atom is -0.479 e. The number of hydrogen-bond acceptors (Lipinski definition) is 2. The highest BCUT2D eigenvalue weighted by molar-refractivity contribution is 9.10. The van der Waals surface area contributed by atoms with Crippen LogP contribution in [0.2, 0.25) is 5.02 Å². The normalized spacial score (nSPS) is 12.0. The molecule has 16 heavy (non-hydrogen) atoms. The summed E-state index contributed by atoms with van der Waals surface area (Å²) in [6.45, 7) is 4.13. The zero-order chi connectivity index (χ0) is 12.1. The molecule has 0 aliphatic rings. The third-order valence-corrected chi connectivity index (χ3v) is 2.71. The molecular formula is C11H13BrClNO2. The second kappa shape index (κ2) is 6.11. The van der Waals surface area contributed by atoms with Gasteiger partial charge in [0, 0.05) is 11.0 Å². The van der Waals surface area contributed by atoms with Crippen LogP contribution in [0.5, 0.6) is 5.75 Å². The van der Waals surface area contributed by atoms with E-state index in [2.05, 4.69) is 21.2 Å². The minimum atomic E-state index is -0.557. The first-order chi connectivity index (χ1) is 7.54. The Labute approximate surface area is 108 Å². The van der Waals surface area contributed by atoms with Crippen molar-refractivity contribution in [3.63, 3.8) is 0 Å². The van der Waals surface area contributed by atoms with Crippen molar-refractivity contribution in [1.29, 1.82) is 0 Å². The number of benzene rings is 1. The van der Waals surface area contributed by atoms with Crippen molar-refractivity contribution in [1.82, 2.24) is 5.32 Å². The SMILES string of the molecule is CCNC(=O)[C@@H](C)Oc1ccc(Br)cc1Cl. The van der Waals surface area contributed by atoms with Gasteiger partial charge in [-0.3, -0.25) is 4.79 Å². The van der Waals surface area contributed by atoms with Crippen LogP contribution in [0.4, 0.5) is 0 Å². The molecule has 0 heterocycles. The predicted octanol–water partition coefficient (Wildman–Crippen LogP) is 3.01. The molecule has 0 aromatic heterocycles. The van der Waals surface area contributed by atoms with E-state index in [0.29, 0.717) is 17.3 Å². The molecule has 0 aliphatic heterocycles. The molecule has 88 valence electrons. The molecule has 1 aromatic carbocycles. The van der Waals surface area contributed by atoms with Gasteiger partial charge in [0.2, 0.25) is 0 Å². The highest BCUT2D eigenvalue weighted by Crippen LogP contribution is 2.28. The second-order valence-electron chi connectivity index (χ2n) is 3.23. The van der Waals surface area contributed by atoms with Crippen LogP contribution in [0.25, 0.3) is 0 Å². The molecule has 0 radical (unpaired) electrons. The number of ether oxygens (including phenoxy) is 1. The molecule has 0 unspecified atom stereocenters. The minimum absolute atomic E-state index is 0.151. The van der Waals surface area contributed by atoms with Crippen LogP contribution >= 0.6 is 27.5 Å². The standard InChI is InChI=1S/C11H13BrClNO2/c1-3-14-11(15)7(2)16-10-5-4-8(12)6-9(10)13/h4-7H,3H2,1-2H3,(H,14,15)/t7-/m1/s1. The van der Waals surface area contributed by atoms with Crippen molar-refractivity contribution in [2.24, 2.45) is 0 Å². The topological polar surface area (TPSA) is 38.3 Å². The summed E-state index contributed by atoms with van der Waals surface area (Å²) in [5.74, 6) is 0.352. The van der Waals surface area contributed by atoms with Gasteiger partial charge in [-0.1, -0.05) is 27.5 Å². The van der Waals surface area contributed by atoms with Gasteiger partial charge in [0.05, 0.1) is 5.02 Å². The van der Waals surface area contributed by atoms with Gasteiger partial charge >= 0.3 is 0 Å². The van der Waals surface area contributed by atoms with Gasteiger partial charge in [0.1, 0.15) is 5.75 Å². The van der Waals surface area contributed by atoms with Crippen molar-refractivity contribution in [3.8, 4) is 5.75 Å². The van der Waals surface area contributed by atoms with Gasteiger partial charge in [-0.25, -0.2) is 0 Å². The Morgan fingerprint density at radius 3 is 2.88 bits per heavy atom. The lowest BCUT2D eigenvalue weighted by molar-refractivity contribution is -0.127. The van der Waals surface area contributed by atoms with E-state index >= 15 is 0 Å². The van der Waals surface area contributed by atoms with Crippen molar-refractivity contribution < 1.29 is 9.53 Å². The van der Waals surface area contributed by atoms with Crippen LogP contribution in [0.1, 0.15) is 13.8 Å². The fraction of sp³-hybridized carbons (Fsp3) is 0.364. The van der Waals surface area contributed by atoms with Crippen molar-refractivity contribution in [3.05, 3.63) is 27.7 Å². The maximum absolute atomic E-state index is 11.4. The van der Waals surface area contributed by atoms with Crippen molar-refractivity contribution in [2.75, 3.05) is 6.54 Å². The van der Waals surface area contributed by atoms with E-state index in [1.54, 1.807) is 19.1 Å². The van der Waals surface area contributed by atoms with E-state index in [-0.39, 0.29) is 5.91 Å². The zero-order valence-electron chi connectivity index (χ0n) is 9.09. The Morgan fingerprint density at radius 2 is 2.31 bits per heavy atom. The van der Waals surface area contributed by atoms with E-state index in [1.807, 2.05) is 13.0 Å². The first-order valence-electron chi connectivity index (χ1n) is 4.94. The Morgan fingerprint density at radius 1 is 1.62 bits per heavy atom. The molecule has 1 amide bonds. The molecule has 3 nitrogen and oxygen atoms in total. The number of likely N-dealkylation sites (N-methyl/N-ethyl adjacent to an activating group) is 1. The number of halogens is 2. The average molecular weight is 307 g/mol. The van der Waals surface area contributed by atoms with E-state index in [0.717, 1.165) is 4.47 Å². The monoisotopic (exact) mass is 305 g/mol. The maximum Gasteiger partial charge on any atom is 0.260 e. The van der Waals surface area contributed by atoms with Gasteiger partial charge in [0.15, 0.2) is 6.10 Å². The number of nitrogens with one attached hydrogen (secondary N) is 1. The van der Waals surface area contributed by atoms with Crippen LogP contribution in [0.15, 0.2) is 22.7 Å². The quantitative estimate of drug-likeness (QED) is 0.928. The average Bonchev–Trinajstić information content (AvgIpc) is 2.22. The van der Waals surface area contributed by atoms with Crippen molar-refractivity contribution in [2.45, 2.75) is 20.0 Å². The maximum atomic E-state index is 11.4. The van der Waals surface area contributed by atoms with Gasteiger partial charge in [-0.05, 0) is 32.0 Å². The molecule has 0 fully saturated rings. The molecular weight excluding hydrogens is 293 g/mol. The predicted molar refractivity (Wildman–Crippen MR) is 67.9 cm³/mol. The zero-order valence-corrected chi connectivity index (χ0v) is 11.4. The van der Waals surface area contributed by atoms with E-state index in [9.17, 15) is 4.79 Å². The molecule has 0 saturated carbocycles. The summed E-state index contributed by atoms with van der Waals surface area (Å²) in [5.41, 5.74) is 0. The summed E-state index contributed by atoms with van der Waals surface area (Å²) in [6, 6.07) is 5.26. The lowest BCUT2D eigenvalue weighted by Gasteiger charge is -2.15. The van der Waals surface area contributed by atoms with Crippen LogP contribution < -0.4 is 10.1 Å². The van der Waals surface area contributed by atoms with E-state index in [4.69, 9.17) is 16.3 Å². The number of amides is 1. The van der Waals surface area contributed by atoms with E-state index < -0.39 is 6.10 Å². The third kappa shape index (κ3) is 3.68. The molecule has 0 spiro atoms. The number of rotatable bonds is 4. The number of carbonyl (C=O) groups excluding carboxylic acids is 1. The molecule has 0 bridgehead atoms. The van der Waals surface area contributed by atoms with Gasteiger partial charge in [0.25, 0.3) is 5.91 Å². The highest BCUT2D eigenvalue weighted by atomic mass is 79.9. The summed E-state index contributed by atoms with van der Waals surface area (Å²) >= 11 is 9.27. The summed E-state index contributed by atoms with van der Waals surface area (Å²) in [6.07, 6.45) is -0.557. The fourth-order valence-electron chi connectivity index (χ4n) is 1.13. The molecule has 0 aliphatic carbocycles. The van der Waals surface area contributed by atoms with Gasteiger partial charge in [-0.2, -0.15) is 0 Å². The van der Waals surface area contributed by atoms with Crippen LogP contribution in [-0.2, 0) is 4.79 Å². The fourth-order valence-corrected chi connectivity index (χ4v) is 1.85. The lowest BCUT2D eigenvalue weighted by Crippen LogP contribution is -2.36. The second-order valence-corrected chi connectivity index (χ2v) is 4.55. The molecule has 1 aromatic rings. The van der Waals surface area contributed by atoms with E-state index in [1.165, 1.54) is 0 Å². The van der Waals surface area contributed by atoms with Gasteiger partial charge in [-0.15, -0.1) is 0 Å². The van der Waals surface area contributed by atoms with Gasteiger partial charge < -0.3 is 10.1 Å². The summed E-state index contributed by atoms with van der Waals surface area (Å²) in [7, 11) is 0. The molecule has 1 rings (SSSR count). The molecule has 5 heteroatoms. The van der Waals surface area contributed by atoms with Crippen molar-refractivity contribution >= 4 is 33.4 Å². The molecule has 1 N–H and O–H groups in total. The third-order valence-electron chi connectivity index (χ3n) is 1.92. The first kappa shape index (κ1) is 13.3. The first-order valence-corrected chi connectivity index (χ1v) is 6.11. The Hall–Kier alpha value is -0.740. The number of hydrogen-bond donors (Lipinski definition) is 1. The Balaban J connectivity index is 2.69. The summed E-state index contributed by atoms with van der Waals surface area (Å²) in [5, 5.41) is 3.16. The Kier molecular flexibility index (Phi) is 5.09. The van der Waals surface area contributed by atoms with Crippen LogP contribution in [0, 0.1) is 0 Å². The summed E-state index contributed by atoms with van der Waals surface area (Å²) < 4.78 is 6.32. The highest BCUT2D eigenvalue weighted by Gasteiger charge is 2.14. The summed E-state index contributed by atoms with van der Waals surface area (Å²) in [4.78, 5) is 11.4. The molecule has 0 saturated heterocycles. The number of carbonyl (C=O) groups is 1.